The van der Waals surface area contributed by atoms with Gasteiger partial charge < -0.3 is 14.4 Å². The fourth-order valence-electron chi connectivity index (χ4n) is 2.74. The van der Waals surface area contributed by atoms with Crippen LogP contribution in [0, 0.1) is 5.92 Å². The third-order valence-electron chi connectivity index (χ3n) is 3.77. The molecule has 1 aromatic heterocycles. The van der Waals surface area contributed by atoms with Crippen LogP contribution in [0.1, 0.15) is 30.3 Å². The predicted molar refractivity (Wildman–Crippen MR) is 67.1 cm³/mol. The number of aliphatic carboxylic acids is 1. The van der Waals surface area contributed by atoms with Crippen LogP contribution < -0.4 is 0 Å². The molecule has 100 valence electrons. The zero-order valence-corrected chi connectivity index (χ0v) is 10.9. The molecule has 0 bridgehead atoms. The fourth-order valence-corrected chi connectivity index (χ4v) is 2.74. The number of imidazole rings is 1. The maximum absolute atomic E-state index is 11.1. The second-order valence-electron chi connectivity index (χ2n) is 4.85. The van der Waals surface area contributed by atoms with E-state index in [2.05, 4.69) is 9.55 Å². The molecule has 0 amide bonds. The molecule has 18 heavy (non-hydrogen) atoms. The molecule has 1 N–H and O–H groups in total. The molecule has 3 rings (SSSR count). The van der Waals surface area contributed by atoms with Crippen molar-refractivity contribution in [2.75, 3.05) is 13.2 Å². The average Bonchev–Trinajstić information content (AvgIpc) is 2.96. The Balaban J connectivity index is 0.00000120. The molecule has 2 unspecified atom stereocenters. The average molecular weight is 273 g/mol. The minimum atomic E-state index is -0.696. The molecule has 3 heterocycles. The summed E-state index contributed by atoms with van der Waals surface area (Å²) >= 11 is 0. The van der Waals surface area contributed by atoms with Crippen LogP contribution in [-0.2, 0) is 22.5 Å². The topological polar surface area (TPSA) is 64.3 Å². The van der Waals surface area contributed by atoms with Crippen LogP contribution in [0.3, 0.4) is 0 Å². The smallest absolute Gasteiger partial charge is 0.308 e. The Morgan fingerprint density at radius 2 is 2.33 bits per heavy atom. The van der Waals surface area contributed by atoms with Crippen LogP contribution in [0.5, 0.6) is 0 Å². The summed E-state index contributed by atoms with van der Waals surface area (Å²) in [4.78, 5) is 15.5. The molecule has 5 nitrogen and oxygen atoms in total. The van der Waals surface area contributed by atoms with Gasteiger partial charge >= 0.3 is 5.97 Å². The van der Waals surface area contributed by atoms with Gasteiger partial charge in [0.05, 0.1) is 12.5 Å². The second kappa shape index (κ2) is 5.28. The lowest BCUT2D eigenvalue weighted by Gasteiger charge is -2.23. The summed E-state index contributed by atoms with van der Waals surface area (Å²) in [5, 5.41) is 9.10. The van der Waals surface area contributed by atoms with Crippen LogP contribution in [0.15, 0.2) is 6.20 Å². The summed E-state index contributed by atoms with van der Waals surface area (Å²) in [6.07, 6.45) is 4.43. The number of aryl methyl sites for hydroxylation is 1. The molecule has 2 atom stereocenters. The molecule has 2 aliphatic rings. The van der Waals surface area contributed by atoms with Gasteiger partial charge in [0.25, 0.3) is 0 Å². The zero-order chi connectivity index (χ0) is 11.8. The summed E-state index contributed by atoms with van der Waals surface area (Å²) in [5.41, 5.74) is 1.17. The highest BCUT2D eigenvalue weighted by Gasteiger charge is 2.30. The van der Waals surface area contributed by atoms with Crippen molar-refractivity contribution in [1.29, 1.82) is 0 Å². The van der Waals surface area contributed by atoms with E-state index in [1.165, 1.54) is 5.69 Å². The summed E-state index contributed by atoms with van der Waals surface area (Å²) in [7, 11) is 0. The van der Waals surface area contributed by atoms with Crippen LogP contribution in [0.25, 0.3) is 0 Å². The van der Waals surface area contributed by atoms with Gasteiger partial charge in [0.2, 0.25) is 0 Å². The van der Waals surface area contributed by atoms with Gasteiger partial charge in [0, 0.05) is 31.0 Å². The summed E-state index contributed by atoms with van der Waals surface area (Å²) < 4.78 is 7.48. The minimum Gasteiger partial charge on any atom is -0.481 e. The van der Waals surface area contributed by atoms with Gasteiger partial charge in [-0.05, 0) is 19.3 Å². The third-order valence-corrected chi connectivity index (χ3v) is 3.77. The number of ether oxygens (including phenoxy) is 1. The first-order chi connectivity index (χ1) is 8.25. The van der Waals surface area contributed by atoms with E-state index in [0.29, 0.717) is 19.1 Å². The van der Waals surface area contributed by atoms with Crippen molar-refractivity contribution in [1.82, 2.24) is 9.55 Å². The van der Waals surface area contributed by atoms with Crippen LogP contribution >= 0.6 is 12.4 Å². The molecule has 0 saturated carbocycles. The van der Waals surface area contributed by atoms with Crippen LogP contribution in [0.4, 0.5) is 0 Å². The first kappa shape index (κ1) is 13.4. The lowest BCUT2D eigenvalue weighted by molar-refractivity contribution is -0.142. The van der Waals surface area contributed by atoms with Gasteiger partial charge in [0.15, 0.2) is 0 Å². The Bertz CT molecular complexity index is 441. The van der Waals surface area contributed by atoms with Gasteiger partial charge in [-0.25, -0.2) is 4.98 Å². The molecule has 0 aromatic carbocycles. The van der Waals surface area contributed by atoms with E-state index in [-0.39, 0.29) is 18.3 Å². The van der Waals surface area contributed by atoms with E-state index in [4.69, 9.17) is 9.84 Å². The van der Waals surface area contributed by atoms with Crippen molar-refractivity contribution in [3.8, 4) is 0 Å². The molecule has 0 radical (unpaired) electrons. The molecule has 6 heteroatoms. The highest BCUT2D eigenvalue weighted by Crippen LogP contribution is 2.29. The summed E-state index contributed by atoms with van der Waals surface area (Å²) in [5.74, 6) is 0.399. The first-order valence-corrected chi connectivity index (χ1v) is 6.10. The molecule has 1 saturated heterocycles. The molecule has 0 spiro atoms. The highest BCUT2D eigenvalue weighted by molar-refractivity contribution is 5.85. The fraction of sp³-hybridized carbons (Fsp3) is 0.667. The molecule has 1 fully saturated rings. The number of carbonyl (C=O) groups is 1. The lowest BCUT2D eigenvalue weighted by atomic mass is 9.97. The normalized spacial score (nSPS) is 26.4. The molecule has 0 aliphatic carbocycles. The van der Waals surface area contributed by atoms with Crippen molar-refractivity contribution >= 4 is 18.4 Å². The Morgan fingerprint density at radius 1 is 1.50 bits per heavy atom. The predicted octanol–water partition coefficient (Wildman–Crippen LogP) is 1.46. The maximum atomic E-state index is 11.1. The van der Waals surface area contributed by atoms with E-state index >= 15 is 0 Å². The zero-order valence-electron chi connectivity index (χ0n) is 10.0. The Kier molecular flexibility index (Phi) is 3.92. The number of hydrogen-bond donors (Lipinski definition) is 1. The van der Waals surface area contributed by atoms with Gasteiger partial charge in [-0.1, -0.05) is 0 Å². The highest BCUT2D eigenvalue weighted by atomic mass is 35.5. The van der Waals surface area contributed by atoms with E-state index in [0.717, 1.165) is 31.7 Å². The largest absolute Gasteiger partial charge is 0.481 e. The number of carboxylic acid groups (broad SMARTS) is 1. The van der Waals surface area contributed by atoms with E-state index in [9.17, 15) is 4.79 Å². The number of rotatable bonds is 2. The van der Waals surface area contributed by atoms with E-state index < -0.39 is 5.97 Å². The number of fused-ring (bicyclic) bond motifs is 1. The van der Waals surface area contributed by atoms with E-state index in [1.54, 1.807) is 0 Å². The van der Waals surface area contributed by atoms with Crippen molar-refractivity contribution < 1.29 is 14.6 Å². The van der Waals surface area contributed by atoms with Gasteiger partial charge in [-0.2, -0.15) is 0 Å². The van der Waals surface area contributed by atoms with Crippen molar-refractivity contribution in [2.45, 2.75) is 31.7 Å². The van der Waals surface area contributed by atoms with Gasteiger partial charge in [-0.15, -0.1) is 12.4 Å². The standard InChI is InChI=1S/C12H16N2O3.ClH/c15-12(16)8-1-2-10-5-13-11(14(10)6-8)9-3-4-17-7-9;/h5,8-9H,1-4,6-7H2,(H,15,16);1H. The number of carboxylic acids is 1. The van der Waals surface area contributed by atoms with Crippen molar-refractivity contribution in [3.63, 3.8) is 0 Å². The monoisotopic (exact) mass is 272 g/mol. The lowest BCUT2D eigenvalue weighted by Crippen LogP contribution is -2.28. The number of hydrogen-bond acceptors (Lipinski definition) is 3. The summed E-state index contributed by atoms with van der Waals surface area (Å²) in [6.45, 7) is 2.07. The quantitative estimate of drug-likeness (QED) is 0.885. The Hall–Kier alpha value is -1.07. The minimum absolute atomic E-state index is 0. The molecule has 1 aromatic rings. The van der Waals surface area contributed by atoms with Gasteiger partial charge in [0.1, 0.15) is 5.82 Å². The van der Waals surface area contributed by atoms with E-state index in [1.807, 2.05) is 6.20 Å². The maximum Gasteiger partial charge on any atom is 0.308 e. The van der Waals surface area contributed by atoms with Crippen molar-refractivity contribution in [2.24, 2.45) is 5.92 Å². The first-order valence-electron chi connectivity index (χ1n) is 6.10. The number of aromatic nitrogens is 2. The third kappa shape index (κ3) is 2.24. The van der Waals surface area contributed by atoms with Crippen LogP contribution in [-0.4, -0.2) is 33.8 Å². The second-order valence-corrected chi connectivity index (χ2v) is 4.85. The molecular formula is C12H17ClN2O3. The molecular weight excluding hydrogens is 256 g/mol. The number of halogens is 1. The Labute approximate surface area is 112 Å². The van der Waals surface area contributed by atoms with Gasteiger partial charge in [-0.3, -0.25) is 4.79 Å². The number of nitrogens with zero attached hydrogens (tertiary/aromatic N) is 2. The SMILES string of the molecule is Cl.O=C(O)C1CCc2cnc(C3CCOC3)n2C1. The Morgan fingerprint density at radius 3 is 3.00 bits per heavy atom. The summed E-state index contributed by atoms with van der Waals surface area (Å²) in [6, 6.07) is 0. The molecule has 2 aliphatic heterocycles. The van der Waals surface area contributed by atoms with Crippen molar-refractivity contribution in [3.05, 3.63) is 17.7 Å². The van der Waals surface area contributed by atoms with Crippen LogP contribution in [0.2, 0.25) is 0 Å².